The summed E-state index contributed by atoms with van der Waals surface area (Å²) in [5, 5.41) is 4.20. The zero-order valence-electron chi connectivity index (χ0n) is 18.5. The van der Waals surface area contributed by atoms with Crippen molar-refractivity contribution >= 4 is 11.6 Å². The normalized spacial score (nSPS) is 18.7. The number of amides is 1. The maximum Gasteiger partial charge on any atom is 0.416 e. The average Bonchev–Trinajstić information content (AvgIpc) is 3.50. The van der Waals surface area contributed by atoms with Crippen molar-refractivity contribution < 1.29 is 27.5 Å². The van der Waals surface area contributed by atoms with E-state index in [2.05, 4.69) is 5.16 Å². The smallest absolute Gasteiger partial charge is 0.416 e. The highest BCUT2D eigenvalue weighted by Crippen LogP contribution is 2.31. The highest BCUT2D eigenvalue weighted by atomic mass is 19.4. The van der Waals surface area contributed by atoms with E-state index >= 15 is 0 Å². The zero-order valence-corrected chi connectivity index (χ0v) is 18.5. The second-order valence-corrected chi connectivity index (χ2v) is 8.60. The lowest BCUT2D eigenvalue weighted by Gasteiger charge is -2.28. The van der Waals surface area contributed by atoms with Gasteiger partial charge in [0.1, 0.15) is 5.75 Å². The van der Waals surface area contributed by atoms with Crippen LogP contribution in [0.5, 0.6) is 5.75 Å². The zero-order chi connectivity index (χ0) is 23.4. The molecule has 4 rings (SSSR count). The van der Waals surface area contributed by atoms with Crippen LogP contribution in [0.2, 0.25) is 0 Å². The summed E-state index contributed by atoms with van der Waals surface area (Å²) in [6.45, 7) is 0.381. The van der Waals surface area contributed by atoms with E-state index < -0.39 is 11.7 Å². The third-order valence-electron chi connectivity index (χ3n) is 6.22. The second-order valence-electron chi connectivity index (χ2n) is 8.60. The van der Waals surface area contributed by atoms with Crippen molar-refractivity contribution in [3.05, 3.63) is 65.2 Å². The Kier molecular flexibility index (Phi) is 6.91. The molecular weight excluding hydrogens is 433 g/mol. The van der Waals surface area contributed by atoms with Gasteiger partial charge in [-0.25, -0.2) is 0 Å². The van der Waals surface area contributed by atoms with Crippen LogP contribution < -0.4 is 4.74 Å². The van der Waals surface area contributed by atoms with Gasteiger partial charge in [-0.05, 0) is 60.4 Å². The van der Waals surface area contributed by atoms with Gasteiger partial charge in [-0.1, -0.05) is 30.1 Å². The van der Waals surface area contributed by atoms with E-state index in [1.807, 2.05) is 24.3 Å². The number of ether oxygens (including phenoxy) is 1. The topological polar surface area (TPSA) is 51.1 Å². The largest absolute Gasteiger partial charge is 0.497 e. The molecule has 2 aromatic rings. The van der Waals surface area contributed by atoms with Crippen LogP contribution in [0.4, 0.5) is 13.2 Å². The van der Waals surface area contributed by atoms with Gasteiger partial charge in [-0.3, -0.25) is 4.79 Å². The lowest BCUT2D eigenvalue weighted by atomic mass is 10.0. The summed E-state index contributed by atoms with van der Waals surface area (Å²) in [6.07, 6.45) is -0.626. The van der Waals surface area contributed by atoms with Crippen LogP contribution in [0, 0.1) is 5.92 Å². The number of hydrogen-bond acceptors (Lipinski definition) is 4. The molecule has 1 aliphatic carbocycles. The van der Waals surface area contributed by atoms with E-state index in [4.69, 9.17) is 9.57 Å². The molecule has 2 aromatic carbocycles. The molecule has 0 aromatic heterocycles. The summed E-state index contributed by atoms with van der Waals surface area (Å²) in [7, 11) is 1.60. The molecule has 0 spiro atoms. The second kappa shape index (κ2) is 9.85. The SMILES string of the molecule is COc1ccc(C2=NO[C@@H](CN(Cc3cccc(C(F)(F)F)c3)C(=O)C3CCCC3)C2)cc1. The van der Waals surface area contributed by atoms with Gasteiger partial charge in [0, 0.05) is 18.9 Å². The molecule has 1 heterocycles. The van der Waals surface area contributed by atoms with Crippen molar-refractivity contribution in [2.24, 2.45) is 11.1 Å². The van der Waals surface area contributed by atoms with E-state index in [-0.39, 0.29) is 31.0 Å². The number of methoxy groups -OCH3 is 1. The molecule has 8 heteroatoms. The fourth-order valence-corrected chi connectivity index (χ4v) is 4.46. The fraction of sp³-hybridized carbons (Fsp3) is 0.440. The molecule has 1 amide bonds. The minimum Gasteiger partial charge on any atom is -0.497 e. The molecule has 0 saturated heterocycles. The van der Waals surface area contributed by atoms with Crippen molar-refractivity contribution in [2.75, 3.05) is 13.7 Å². The van der Waals surface area contributed by atoms with Gasteiger partial charge in [0.2, 0.25) is 5.91 Å². The van der Waals surface area contributed by atoms with Crippen molar-refractivity contribution in [3.63, 3.8) is 0 Å². The highest BCUT2D eigenvalue weighted by molar-refractivity contribution is 6.01. The Morgan fingerprint density at radius 2 is 1.88 bits per heavy atom. The Bertz CT molecular complexity index is 999. The number of carbonyl (C=O) groups is 1. The standard InChI is InChI=1S/C25H27F3N2O3/c1-32-21-11-9-18(10-12-21)23-14-22(33-29-23)16-30(24(31)19-6-2-3-7-19)15-17-5-4-8-20(13-17)25(26,27)28/h4-5,8-13,19,22H,2-3,6-7,14-16H2,1H3/t22-/m1/s1. The van der Waals surface area contributed by atoms with Crippen molar-refractivity contribution in [3.8, 4) is 5.75 Å². The summed E-state index contributed by atoms with van der Waals surface area (Å²) in [5.41, 5.74) is 1.42. The Balaban J connectivity index is 1.47. The third-order valence-corrected chi connectivity index (χ3v) is 6.22. The third kappa shape index (κ3) is 5.67. The van der Waals surface area contributed by atoms with E-state index in [0.29, 0.717) is 12.0 Å². The monoisotopic (exact) mass is 460 g/mol. The lowest BCUT2D eigenvalue weighted by molar-refractivity contribution is -0.137. The first kappa shape index (κ1) is 23.1. The molecule has 1 fully saturated rings. The summed E-state index contributed by atoms with van der Waals surface area (Å²) >= 11 is 0. The Morgan fingerprint density at radius 3 is 2.55 bits per heavy atom. The van der Waals surface area contributed by atoms with E-state index in [1.165, 1.54) is 6.07 Å². The summed E-state index contributed by atoms with van der Waals surface area (Å²) in [6, 6.07) is 12.6. The van der Waals surface area contributed by atoms with Crippen molar-refractivity contribution in [1.29, 1.82) is 0 Å². The molecule has 1 saturated carbocycles. The maximum atomic E-state index is 13.2. The van der Waals surface area contributed by atoms with Crippen LogP contribution in [-0.4, -0.2) is 36.3 Å². The van der Waals surface area contributed by atoms with Crippen LogP contribution in [0.3, 0.4) is 0 Å². The van der Waals surface area contributed by atoms with Gasteiger partial charge in [0.05, 0.1) is 24.9 Å². The van der Waals surface area contributed by atoms with Gasteiger partial charge >= 0.3 is 6.18 Å². The molecule has 1 aliphatic heterocycles. The fourth-order valence-electron chi connectivity index (χ4n) is 4.46. The first-order valence-corrected chi connectivity index (χ1v) is 11.2. The minimum atomic E-state index is -4.42. The van der Waals surface area contributed by atoms with E-state index in [0.717, 1.165) is 54.8 Å². The van der Waals surface area contributed by atoms with Crippen LogP contribution in [-0.2, 0) is 22.4 Å². The minimum absolute atomic E-state index is 0.0218. The molecule has 0 bridgehead atoms. The predicted molar refractivity (Wildman–Crippen MR) is 118 cm³/mol. The van der Waals surface area contributed by atoms with E-state index in [9.17, 15) is 18.0 Å². The van der Waals surface area contributed by atoms with Gasteiger partial charge in [-0.2, -0.15) is 13.2 Å². The van der Waals surface area contributed by atoms with Crippen LogP contribution in [0.25, 0.3) is 0 Å². The molecule has 5 nitrogen and oxygen atoms in total. The Morgan fingerprint density at radius 1 is 1.15 bits per heavy atom. The highest BCUT2D eigenvalue weighted by Gasteiger charge is 2.33. The van der Waals surface area contributed by atoms with Crippen molar-refractivity contribution in [2.45, 2.75) is 50.9 Å². The number of carbonyl (C=O) groups excluding carboxylic acids is 1. The molecule has 0 N–H and O–H groups in total. The average molecular weight is 460 g/mol. The summed E-state index contributed by atoms with van der Waals surface area (Å²) in [5.74, 6) is 0.634. The first-order valence-electron chi connectivity index (χ1n) is 11.2. The van der Waals surface area contributed by atoms with Gasteiger partial charge < -0.3 is 14.5 Å². The molecule has 2 aliphatic rings. The first-order chi connectivity index (χ1) is 15.8. The van der Waals surface area contributed by atoms with Gasteiger partial charge in [-0.15, -0.1) is 0 Å². The molecule has 0 unspecified atom stereocenters. The summed E-state index contributed by atoms with van der Waals surface area (Å²) in [4.78, 5) is 20.5. The van der Waals surface area contributed by atoms with Gasteiger partial charge in [0.15, 0.2) is 6.10 Å². The van der Waals surface area contributed by atoms with Crippen LogP contribution >= 0.6 is 0 Å². The number of oxime groups is 1. The predicted octanol–water partition coefficient (Wildman–Crippen LogP) is 5.43. The van der Waals surface area contributed by atoms with Crippen LogP contribution in [0.1, 0.15) is 48.8 Å². The number of benzene rings is 2. The molecule has 1 atom stereocenters. The molecule has 33 heavy (non-hydrogen) atoms. The number of nitrogens with zero attached hydrogens (tertiary/aromatic N) is 2. The Labute approximate surface area is 191 Å². The molecule has 0 radical (unpaired) electrons. The number of halogens is 3. The van der Waals surface area contributed by atoms with E-state index in [1.54, 1.807) is 18.1 Å². The quantitative estimate of drug-likeness (QED) is 0.554. The molecular formula is C25H27F3N2O3. The molecule has 176 valence electrons. The van der Waals surface area contributed by atoms with Gasteiger partial charge in [0.25, 0.3) is 0 Å². The van der Waals surface area contributed by atoms with Crippen LogP contribution in [0.15, 0.2) is 53.7 Å². The van der Waals surface area contributed by atoms with Crippen molar-refractivity contribution in [1.82, 2.24) is 4.90 Å². The number of alkyl halides is 3. The maximum absolute atomic E-state index is 13.2. The summed E-state index contributed by atoms with van der Waals surface area (Å²) < 4.78 is 44.7. The lowest BCUT2D eigenvalue weighted by Crippen LogP contribution is -2.40. The number of rotatable bonds is 7. The number of hydrogen-bond donors (Lipinski definition) is 0. The Hall–Kier alpha value is -3.03.